The molecular formula is C14H13BrFN. The van der Waals surface area contributed by atoms with E-state index in [0.29, 0.717) is 12.2 Å². The van der Waals surface area contributed by atoms with Gasteiger partial charge < -0.3 is 5.32 Å². The molecule has 1 nitrogen and oxygen atoms in total. The summed E-state index contributed by atoms with van der Waals surface area (Å²) in [5, 5.41) is 3.11. The van der Waals surface area contributed by atoms with Gasteiger partial charge >= 0.3 is 0 Å². The molecule has 0 unspecified atom stereocenters. The third-order valence-electron chi connectivity index (χ3n) is 2.66. The Morgan fingerprint density at radius 1 is 1.18 bits per heavy atom. The number of nitrogens with one attached hydrogen (secondary N) is 1. The van der Waals surface area contributed by atoms with Gasteiger partial charge in [0.1, 0.15) is 5.82 Å². The largest absolute Gasteiger partial charge is 0.379 e. The number of halogens is 2. The average Bonchev–Trinajstić information content (AvgIpc) is 2.32. The molecule has 0 fully saturated rings. The van der Waals surface area contributed by atoms with Gasteiger partial charge in [-0.1, -0.05) is 40.2 Å². The Labute approximate surface area is 109 Å². The Morgan fingerprint density at radius 3 is 2.71 bits per heavy atom. The van der Waals surface area contributed by atoms with Gasteiger partial charge in [-0.2, -0.15) is 0 Å². The first kappa shape index (κ1) is 12.1. The van der Waals surface area contributed by atoms with Gasteiger partial charge in [0.05, 0.1) is 5.69 Å². The predicted molar refractivity (Wildman–Crippen MR) is 72.6 cm³/mol. The first-order chi connectivity index (χ1) is 8.16. The van der Waals surface area contributed by atoms with E-state index in [2.05, 4.69) is 21.2 Å². The molecule has 0 saturated carbocycles. The van der Waals surface area contributed by atoms with Crippen LogP contribution >= 0.6 is 15.9 Å². The molecule has 3 heteroatoms. The van der Waals surface area contributed by atoms with Crippen LogP contribution in [0.3, 0.4) is 0 Å². The van der Waals surface area contributed by atoms with Gasteiger partial charge in [0.2, 0.25) is 0 Å². The maximum absolute atomic E-state index is 13.5. The summed E-state index contributed by atoms with van der Waals surface area (Å²) in [7, 11) is 0. The fourth-order valence-corrected chi connectivity index (χ4v) is 1.99. The zero-order valence-corrected chi connectivity index (χ0v) is 11.1. The fraction of sp³-hybridized carbons (Fsp3) is 0.143. The van der Waals surface area contributed by atoms with Gasteiger partial charge in [0.15, 0.2) is 0 Å². The van der Waals surface area contributed by atoms with Crippen LogP contribution in [-0.2, 0) is 6.54 Å². The summed E-state index contributed by atoms with van der Waals surface area (Å²) >= 11 is 3.33. The minimum atomic E-state index is -0.234. The molecule has 2 aromatic rings. The van der Waals surface area contributed by atoms with Crippen molar-refractivity contribution in [2.75, 3.05) is 5.32 Å². The lowest BCUT2D eigenvalue weighted by Gasteiger charge is -2.10. The van der Waals surface area contributed by atoms with Gasteiger partial charge in [-0.25, -0.2) is 4.39 Å². The van der Waals surface area contributed by atoms with Crippen LogP contribution in [0.2, 0.25) is 0 Å². The number of benzene rings is 2. The van der Waals surface area contributed by atoms with E-state index >= 15 is 0 Å². The van der Waals surface area contributed by atoms with Gasteiger partial charge in [0.25, 0.3) is 0 Å². The number of hydrogen-bond acceptors (Lipinski definition) is 1. The van der Waals surface area contributed by atoms with Crippen LogP contribution in [-0.4, -0.2) is 0 Å². The Balaban J connectivity index is 2.12. The minimum Gasteiger partial charge on any atom is -0.379 e. The van der Waals surface area contributed by atoms with Crippen molar-refractivity contribution < 1.29 is 4.39 Å². The molecule has 0 heterocycles. The second kappa shape index (κ2) is 5.32. The summed E-state index contributed by atoms with van der Waals surface area (Å²) < 4.78 is 14.4. The SMILES string of the molecule is Cc1ccccc1CNc1cc(Br)ccc1F. The van der Waals surface area contributed by atoms with Crippen LogP contribution < -0.4 is 5.32 Å². The molecule has 17 heavy (non-hydrogen) atoms. The van der Waals surface area contributed by atoms with Crippen LogP contribution in [0.4, 0.5) is 10.1 Å². The highest BCUT2D eigenvalue weighted by molar-refractivity contribution is 9.10. The highest BCUT2D eigenvalue weighted by Crippen LogP contribution is 2.21. The monoisotopic (exact) mass is 293 g/mol. The molecule has 0 amide bonds. The van der Waals surface area contributed by atoms with E-state index in [1.807, 2.05) is 31.2 Å². The second-order valence-corrected chi connectivity index (χ2v) is 4.82. The first-order valence-electron chi connectivity index (χ1n) is 5.40. The van der Waals surface area contributed by atoms with Crippen LogP contribution in [0.5, 0.6) is 0 Å². The second-order valence-electron chi connectivity index (χ2n) is 3.90. The van der Waals surface area contributed by atoms with Crippen molar-refractivity contribution in [2.45, 2.75) is 13.5 Å². The lowest BCUT2D eigenvalue weighted by molar-refractivity contribution is 0.630. The van der Waals surface area contributed by atoms with Crippen LogP contribution in [0.25, 0.3) is 0 Å². The van der Waals surface area contributed by atoms with E-state index in [1.54, 1.807) is 12.1 Å². The molecular weight excluding hydrogens is 281 g/mol. The van der Waals surface area contributed by atoms with E-state index in [4.69, 9.17) is 0 Å². The van der Waals surface area contributed by atoms with E-state index in [-0.39, 0.29) is 5.82 Å². The zero-order valence-electron chi connectivity index (χ0n) is 9.50. The van der Waals surface area contributed by atoms with Crippen LogP contribution in [0.1, 0.15) is 11.1 Å². The molecule has 2 rings (SSSR count). The first-order valence-corrected chi connectivity index (χ1v) is 6.19. The Morgan fingerprint density at radius 2 is 1.94 bits per heavy atom. The normalized spacial score (nSPS) is 10.3. The molecule has 0 spiro atoms. The van der Waals surface area contributed by atoms with Crippen LogP contribution in [0, 0.1) is 12.7 Å². The molecule has 0 radical (unpaired) electrons. The Kier molecular flexibility index (Phi) is 3.79. The summed E-state index contributed by atoms with van der Waals surface area (Å²) in [6, 6.07) is 13.0. The van der Waals surface area contributed by atoms with Crippen molar-refractivity contribution in [2.24, 2.45) is 0 Å². The topological polar surface area (TPSA) is 12.0 Å². The summed E-state index contributed by atoms with van der Waals surface area (Å²) in [6.07, 6.45) is 0. The highest BCUT2D eigenvalue weighted by atomic mass is 79.9. The quantitative estimate of drug-likeness (QED) is 0.878. The third kappa shape index (κ3) is 3.07. The van der Waals surface area contributed by atoms with Crippen molar-refractivity contribution in [3.05, 3.63) is 63.9 Å². The molecule has 0 atom stereocenters. The molecule has 0 saturated heterocycles. The maximum atomic E-state index is 13.5. The maximum Gasteiger partial charge on any atom is 0.146 e. The van der Waals surface area contributed by atoms with Gasteiger partial charge in [0, 0.05) is 11.0 Å². The van der Waals surface area contributed by atoms with Crippen molar-refractivity contribution in [1.82, 2.24) is 0 Å². The average molecular weight is 294 g/mol. The minimum absolute atomic E-state index is 0.234. The molecule has 0 aliphatic carbocycles. The van der Waals surface area contributed by atoms with Crippen LogP contribution in [0.15, 0.2) is 46.9 Å². The van der Waals surface area contributed by atoms with Crippen molar-refractivity contribution >= 4 is 21.6 Å². The molecule has 0 bridgehead atoms. The lowest BCUT2D eigenvalue weighted by atomic mass is 10.1. The number of rotatable bonds is 3. The van der Waals surface area contributed by atoms with Crippen molar-refractivity contribution in [3.63, 3.8) is 0 Å². The predicted octanol–water partition coefficient (Wildman–Crippen LogP) is 4.51. The van der Waals surface area contributed by atoms with Gasteiger partial charge in [-0.05, 0) is 36.2 Å². The Hall–Kier alpha value is -1.35. The molecule has 0 aliphatic heterocycles. The fourth-order valence-electron chi connectivity index (χ4n) is 1.63. The number of hydrogen-bond donors (Lipinski definition) is 1. The molecule has 2 aromatic carbocycles. The van der Waals surface area contributed by atoms with Gasteiger partial charge in [-0.3, -0.25) is 0 Å². The molecule has 1 N–H and O–H groups in total. The van der Waals surface area contributed by atoms with E-state index in [9.17, 15) is 4.39 Å². The van der Waals surface area contributed by atoms with Crippen molar-refractivity contribution in [3.8, 4) is 0 Å². The molecule has 88 valence electrons. The highest BCUT2D eigenvalue weighted by Gasteiger charge is 2.03. The summed E-state index contributed by atoms with van der Waals surface area (Å²) in [4.78, 5) is 0. The van der Waals surface area contributed by atoms with E-state index < -0.39 is 0 Å². The lowest BCUT2D eigenvalue weighted by Crippen LogP contribution is -2.02. The Bertz CT molecular complexity index is 525. The number of anilines is 1. The molecule has 0 aliphatic rings. The van der Waals surface area contributed by atoms with E-state index in [0.717, 1.165) is 4.47 Å². The summed E-state index contributed by atoms with van der Waals surface area (Å²) in [5.74, 6) is -0.234. The number of aryl methyl sites for hydroxylation is 1. The van der Waals surface area contributed by atoms with Gasteiger partial charge in [-0.15, -0.1) is 0 Å². The van der Waals surface area contributed by atoms with E-state index in [1.165, 1.54) is 17.2 Å². The standard InChI is InChI=1S/C14H13BrFN/c1-10-4-2-3-5-11(10)9-17-14-8-12(15)6-7-13(14)16/h2-8,17H,9H2,1H3. The van der Waals surface area contributed by atoms with Crippen molar-refractivity contribution in [1.29, 1.82) is 0 Å². The smallest absolute Gasteiger partial charge is 0.146 e. The zero-order chi connectivity index (χ0) is 12.3. The summed E-state index contributed by atoms with van der Waals surface area (Å²) in [6.45, 7) is 2.67. The third-order valence-corrected chi connectivity index (χ3v) is 3.15. The molecule has 0 aromatic heterocycles. The summed E-state index contributed by atoms with van der Waals surface area (Å²) in [5.41, 5.74) is 2.89.